The fourth-order valence-corrected chi connectivity index (χ4v) is 2.72. The second kappa shape index (κ2) is 7.53. The van der Waals surface area contributed by atoms with Gasteiger partial charge in [-0.2, -0.15) is 5.26 Å². The number of methoxy groups -OCH3 is 1. The van der Waals surface area contributed by atoms with Crippen molar-refractivity contribution in [2.75, 3.05) is 33.5 Å². The van der Waals surface area contributed by atoms with E-state index in [2.05, 4.69) is 11.4 Å². The molecule has 1 heterocycles. The molecule has 1 aromatic carbocycles. The molecule has 5 nitrogen and oxygen atoms in total. The van der Waals surface area contributed by atoms with E-state index in [4.69, 9.17) is 14.7 Å². The van der Waals surface area contributed by atoms with Crippen molar-refractivity contribution in [2.24, 2.45) is 0 Å². The first-order chi connectivity index (χ1) is 10.2. The Morgan fingerprint density at radius 3 is 2.62 bits per heavy atom. The van der Waals surface area contributed by atoms with Crippen LogP contribution in [-0.4, -0.2) is 44.7 Å². The van der Waals surface area contributed by atoms with E-state index in [0.717, 1.165) is 18.4 Å². The maximum absolute atomic E-state index is 9.86. The number of aliphatic hydroxyl groups is 1. The Labute approximate surface area is 125 Å². The van der Waals surface area contributed by atoms with E-state index in [1.807, 2.05) is 24.3 Å². The maximum Gasteiger partial charge on any atom is 0.0991 e. The summed E-state index contributed by atoms with van der Waals surface area (Å²) in [5.74, 6) is 0. The van der Waals surface area contributed by atoms with Gasteiger partial charge < -0.3 is 19.9 Å². The number of hydrogen-bond donors (Lipinski definition) is 2. The van der Waals surface area contributed by atoms with Crippen molar-refractivity contribution in [3.05, 3.63) is 35.4 Å². The van der Waals surface area contributed by atoms with E-state index in [-0.39, 0.29) is 5.54 Å². The third kappa shape index (κ3) is 4.02. The molecular formula is C16H22N2O3. The van der Waals surface area contributed by atoms with E-state index in [1.54, 1.807) is 7.11 Å². The van der Waals surface area contributed by atoms with Gasteiger partial charge in [0.1, 0.15) is 0 Å². The third-order valence-corrected chi connectivity index (χ3v) is 3.95. The molecular weight excluding hydrogens is 268 g/mol. The van der Waals surface area contributed by atoms with Crippen LogP contribution in [0.3, 0.4) is 0 Å². The van der Waals surface area contributed by atoms with E-state index < -0.39 is 6.10 Å². The molecule has 0 aliphatic carbocycles. The first-order valence-electron chi connectivity index (χ1n) is 7.20. The summed E-state index contributed by atoms with van der Waals surface area (Å²) in [5.41, 5.74) is 1.58. The van der Waals surface area contributed by atoms with Gasteiger partial charge in [0.25, 0.3) is 0 Å². The summed E-state index contributed by atoms with van der Waals surface area (Å²) in [7, 11) is 1.58. The highest BCUT2D eigenvalue weighted by Gasteiger charge is 2.34. The Balaban J connectivity index is 2.14. The molecule has 1 aliphatic heterocycles. The van der Waals surface area contributed by atoms with Crippen molar-refractivity contribution < 1.29 is 14.6 Å². The molecule has 1 saturated heterocycles. The smallest absolute Gasteiger partial charge is 0.0991 e. The van der Waals surface area contributed by atoms with Gasteiger partial charge in [-0.1, -0.05) is 12.1 Å². The van der Waals surface area contributed by atoms with E-state index >= 15 is 0 Å². The Bertz CT molecular complexity index is 475. The highest BCUT2D eigenvalue weighted by Crippen LogP contribution is 2.32. The first-order valence-corrected chi connectivity index (χ1v) is 7.20. The summed E-state index contributed by atoms with van der Waals surface area (Å²) >= 11 is 0. The minimum atomic E-state index is -0.534. The van der Waals surface area contributed by atoms with Crippen molar-refractivity contribution >= 4 is 0 Å². The second-order valence-corrected chi connectivity index (χ2v) is 5.37. The Kier molecular flexibility index (Phi) is 5.71. The topological polar surface area (TPSA) is 74.5 Å². The molecule has 0 amide bonds. The predicted molar refractivity (Wildman–Crippen MR) is 78.8 cm³/mol. The van der Waals surface area contributed by atoms with Crippen LogP contribution in [0.4, 0.5) is 0 Å². The number of hydrogen-bond acceptors (Lipinski definition) is 5. The van der Waals surface area contributed by atoms with Crippen LogP contribution in [0.25, 0.3) is 0 Å². The quantitative estimate of drug-likeness (QED) is 0.822. The molecule has 0 spiro atoms. The lowest BCUT2D eigenvalue weighted by molar-refractivity contribution is 0.0194. The molecule has 1 aromatic rings. The first kappa shape index (κ1) is 15.9. The van der Waals surface area contributed by atoms with E-state index in [9.17, 15) is 5.11 Å². The van der Waals surface area contributed by atoms with Crippen LogP contribution in [0, 0.1) is 11.3 Å². The van der Waals surface area contributed by atoms with Gasteiger partial charge in [0.05, 0.1) is 24.3 Å². The van der Waals surface area contributed by atoms with Crippen molar-refractivity contribution in [1.82, 2.24) is 5.32 Å². The van der Waals surface area contributed by atoms with Gasteiger partial charge in [0, 0.05) is 32.4 Å². The molecule has 2 N–H and O–H groups in total. The number of ether oxygens (including phenoxy) is 2. The van der Waals surface area contributed by atoms with Crippen LogP contribution in [0.15, 0.2) is 24.3 Å². The summed E-state index contributed by atoms with van der Waals surface area (Å²) < 4.78 is 10.4. The zero-order chi connectivity index (χ0) is 15.1. The molecule has 0 bridgehead atoms. The lowest BCUT2D eigenvalue weighted by Gasteiger charge is -2.39. The molecule has 1 aliphatic rings. The van der Waals surface area contributed by atoms with Gasteiger partial charge in [0.15, 0.2) is 0 Å². The molecule has 2 rings (SSSR count). The molecule has 21 heavy (non-hydrogen) atoms. The SMILES string of the molecule is COCC(O)CNC1(c2ccc(C#N)cc2)CCOCC1. The minimum Gasteiger partial charge on any atom is -0.389 e. The Hall–Kier alpha value is -1.45. The fourth-order valence-electron chi connectivity index (χ4n) is 2.72. The van der Waals surface area contributed by atoms with Gasteiger partial charge in [0.2, 0.25) is 0 Å². The highest BCUT2D eigenvalue weighted by molar-refractivity contribution is 5.35. The maximum atomic E-state index is 9.86. The third-order valence-electron chi connectivity index (χ3n) is 3.95. The zero-order valence-electron chi connectivity index (χ0n) is 12.3. The standard InChI is InChI=1S/C16H22N2O3/c1-20-12-15(19)11-18-16(6-8-21-9-7-16)14-4-2-13(10-17)3-5-14/h2-5,15,18-19H,6-9,11-12H2,1H3. The number of nitrogens with zero attached hydrogens (tertiary/aromatic N) is 1. The minimum absolute atomic E-state index is 0.207. The molecule has 114 valence electrons. The molecule has 0 radical (unpaired) electrons. The highest BCUT2D eigenvalue weighted by atomic mass is 16.5. The van der Waals surface area contributed by atoms with Gasteiger partial charge in [-0.3, -0.25) is 0 Å². The fraction of sp³-hybridized carbons (Fsp3) is 0.562. The summed E-state index contributed by atoms with van der Waals surface area (Å²) in [6, 6.07) is 9.77. The van der Waals surface area contributed by atoms with E-state index in [0.29, 0.717) is 31.9 Å². The number of nitriles is 1. The van der Waals surface area contributed by atoms with Crippen LogP contribution in [-0.2, 0) is 15.0 Å². The Morgan fingerprint density at radius 2 is 2.05 bits per heavy atom. The lowest BCUT2D eigenvalue weighted by Crippen LogP contribution is -2.49. The van der Waals surface area contributed by atoms with Crippen molar-refractivity contribution in [2.45, 2.75) is 24.5 Å². The predicted octanol–water partition coefficient (Wildman–Crippen LogP) is 1.16. The molecule has 1 fully saturated rings. The number of nitrogens with one attached hydrogen (secondary N) is 1. The van der Waals surface area contributed by atoms with E-state index in [1.165, 1.54) is 0 Å². The molecule has 5 heteroatoms. The van der Waals surface area contributed by atoms with Gasteiger partial charge in [-0.15, -0.1) is 0 Å². The average molecular weight is 290 g/mol. The summed E-state index contributed by atoms with van der Waals surface area (Å²) in [4.78, 5) is 0. The van der Waals surface area contributed by atoms with Gasteiger partial charge >= 0.3 is 0 Å². The van der Waals surface area contributed by atoms with Gasteiger partial charge in [-0.25, -0.2) is 0 Å². The lowest BCUT2D eigenvalue weighted by atomic mass is 9.82. The van der Waals surface area contributed by atoms with Crippen LogP contribution < -0.4 is 5.32 Å². The van der Waals surface area contributed by atoms with Crippen LogP contribution in [0.1, 0.15) is 24.0 Å². The second-order valence-electron chi connectivity index (χ2n) is 5.37. The Morgan fingerprint density at radius 1 is 1.38 bits per heavy atom. The normalized spacial score (nSPS) is 18.9. The molecule has 0 aromatic heterocycles. The number of rotatable bonds is 6. The molecule has 1 unspecified atom stereocenters. The van der Waals surface area contributed by atoms with Crippen LogP contribution >= 0.6 is 0 Å². The summed E-state index contributed by atoms with van der Waals surface area (Å²) in [6.07, 6.45) is 1.16. The van der Waals surface area contributed by atoms with Crippen molar-refractivity contribution in [3.8, 4) is 6.07 Å². The van der Waals surface area contributed by atoms with Crippen LogP contribution in [0.5, 0.6) is 0 Å². The van der Waals surface area contributed by atoms with Crippen LogP contribution in [0.2, 0.25) is 0 Å². The largest absolute Gasteiger partial charge is 0.389 e. The number of benzene rings is 1. The zero-order valence-corrected chi connectivity index (χ0v) is 12.3. The average Bonchev–Trinajstić information content (AvgIpc) is 2.54. The monoisotopic (exact) mass is 290 g/mol. The molecule has 0 saturated carbocycles. The summed E-state index contributed by atoms with van der Waals surface area (Å²) in [5, 5.41) is 22.2. The van der Waals surface area contributed by atoms with Gasteiger partial charge in [-0.05, 0) is 30.5 Å². The van der Waals surface area contributed by atoms with Crippen molar-refractivity contribution in [3.63, 3.8) is 0 Å². The van der Waals surface area contributed by atoms with Crippen molar-refractivity contribution in [1.29, 1.82) is 5.26 Å². The molecule has 1 atom stereocenters. The summed E-state index contributed by atoms with van der Waals surface area (Å²) in [6.45, 7) is 2.15. The number of aliphatic hydroxyl groups excluding tert-OH is 1.